The van der Waals surface area contributed by atoms with Crippen LogP contribution in [-0.2, 0) is 0 Å². The molecule has 1 N–H and O–H groups in total. The number of hydrogen-bond donors (Lipinski definition) is 1. The fourth-order valence-electron chi connectivity index (χ4n) is 2.46. The highest BCUT2D eigenvalue weighted by Crippen LogP contribution is 2.30. The Morgan fingerprint density at radius 1 is 1.31 bits per heavy atom. The van der Waals surface area contributed by atoms with Gasteiger partial charge in [0.05, 0.1) is 23.0 Å². The predicted octanol–water partition coefficient (Wildman–Crippen LogP) is 4.41. The maximum Gasteiger partial charge on any atom is 0.292 e. The Balaban J connectivity index is 1.70. The highest BCUT2D eigenvalue weighted by atomic mass is 79.9. The minimum atomic E-state index is -0.361. The molecule has 0 aliphatic heterocycles. The first-order valence-corrected chi connectivity index (χ1v) is 9.23. The van der Waals surface area contributed by atoms with Crippen LogP contribution in [0.25, 0.3) is 15.3 Å². The number of hydrogen-bond acceptors (Lipinski definition) is 6. The second-order valence-corrected chi connectivity index (χ2v) is 7.26. The summed E-state index contributed by atoms with van der Waals surface area (Å²) in [6.45, 7) is 1.85. The lowest BCUT2D eigenvalue weighted by molar-refractivity contribution is 0.0994. The smallest absolute Gasteiger partial charge is 0.292 e. The fraction of sp³-hybridized carbons (Fsp3) is 0.118. The topological polar surface area (TPSA) is 82.2 Å². The number of furan rings is 1. The highest BCUT2D eigenvalue weighted by Gasteiger charge is 2.17. The Morgan fingerprint density at radius 3 is 2.88 bits per heavy atom. The van der Waals surface area contributed by atoms with E-state index in [4.69, 9.17) is 9.15 Å². The summed E-state index contributed by atoms with van der Waals surface area (Å²) < 4.78 is 13.6. The van der Waals surface area contributed by atoms with Crippen molar-refractivity contribution in [2.75, 3.05) is 12.4 Å². The molecule has 1 amide bonds. The van der Waals surface area contributed by atoms with Crippen LogP contribution in [0.3, 0.4) is 0 Å². The van der Waals surface area contributed by atoms with Gasteiger partial charge in [-0.25, -0.2) is 4.98 Å². The molecule has 0 radical (unpaired) electrons. The average Bonchev–Trinajstić information content (AvgIpc) is 3.32. The summed E-state index contributed by atoms with van der Waals surface area (Å²) in [5, 5.41) is 7.91. The third-order valence-corrected chi connectivity index (χ3v) is 5.06. The van der Waals surface area contributed by atoms with E-state index in [-0.39, 0.29) is 11.7 Å². The van der Waals surface area contributed by atoms with Crippen LogP contribution in [0, 0.1) is 6.92 Å². The molecule has 3 heterocycles. The van der Waals surface area contributed by atoms with E-state index in [1.165, 1.54) is 11.3 Å². The number of nitrogens with one attached hydrogen (secondary N) is 1. The Kier molecular flexibility index (Phi) is 4.25. The Morgan fingerprint density at radius 2 is 2.15 bits per heavy atom. The molecule has 26 heavy (non-hydrogen) atoms. The monoisotopic (exact) mass is 432 g/mol. The number of anilines is 1. The first-order chi connectivity index (χ1) is 12.5. The Bertz CT molecular complexity index is 1110. The highest BCUT2D eigenvalue weighted by molar-refractivity contribution is 9.10. The number of benzene rings is 1. The van der Waals surface area contributed by atoms with Gasteiger partial charge in [-0.3, -0.25) is 4.79 Å². The quantitative estimate of drug-likeness (QED) is 0.516. The van der Waals surface area contributed by atoms with Gasteiger partial charge in [-0.15, -0.1) is 0 Å². The van der Waals surface area contributed by atoms with E-state index >= 15 is 0 Å². The van der Waals surface area contributed by atoms with Gasteiger partial charge in [-0.1, -0.05) is 11.3 Å². The molecular weight excluding hydrogens is 420 g/mol. The number of amides is 1. The standard InChI is InChI=1S/C17H13BrN4O3S/c1-9-7-15(20-16(23)12-5-6-14(18)25-12)22(21-9)17-19-11-4-3-10(24-2)8-13(11)26-17/h3-8H,1-2H3,(H,20,23). The molecule has 0 saturated heterocycles. The van der Waals surface area contributed by atoms with Gasteiger partial charge in [0.2, 0.25) is 5.13 Å². The van der Waals surface area contributed by atoms with Crippen LogP contribution in [0.2, 0.25) is 0 Å². The van der Waals surface area contributed by atoms with E-state index in [0.29, 0.717) is 15.6 Å². The number of carbonyl (C=O) groups is 1. The van der Waals surface area contributed by atoms with E-state index in [2.05, 4.69) is 31.3 Å². The van der Waals surface area contributed by atoms with Crippen LogP contribution in [-0.4, -0.2) is 27.8 Å². The van der Waals surface area contributed by atoms with Gasteiger partial charge in [-0.2, -0.15) is 9.78 Å². The van der Waals surface area contributed by atoms with Gasteiger partial charge in [-0.05, 0) is 53.2 Å². The lowest BCUT2D eigenvalue weighted by Crippen LogP contribution is -2.14. The summed E-state index contributed by atoms with van der Waals surface area (Å²) in [6, 6.07) is 10.7. The van der Waals surface area contributed by atoms with Crippen LogP contribution in [0.15, 0.2) is 45.5 Å². The molecule has 7 nitrogen and oxygen atoms in total. The third-order valence-electron chi connectivity index (χ3n) is 3.64. The zero-order chi connectivity index (χ0) is 18.3. The number of fused-ring (bicyclic) bond motifs is 1. The van der Waals surface area contributed by atoms with Crippen molar-refractivity contribution in [1.82, 2.24) is 14.8 Å². The molecule has 0 spiro atoms. The van der Waals surface area contributed by atoms with Crippen molar-refractivity contribution < 1.29 is 13.9 Å². The van der Waals surface area contributed by atoms with Crippen molar-refractivity contribution >= 4 is 49.2 Å². The van der Waals surface area contributed by atoms with Crippen LogP contribution in [0.1, 0.15) is 16.2 Å². The largest absolute Gasteiger partial charge is 0.497 e. The van der Waals surface area contributed by atoms with E-state index in [1.807, 2.05) is 25.1 Å². The minimum Gasteiger partial charge on any atom is -0.497 e. The van der Waals surface area contributed by atoms with Crippen molar-refractivity contribution in [2.24, 2.45) is 0 Å². The summed E-state index contributed by atoms with van der Waals surface area (Å²) in [6.07, 6.45) is 0. The summed E-state index contributed by atoms with van der Waals surface area (Å²) in [7, 11) is 1.63. The number of carbonyl (C=O) groups excluding carboxylic acids is 1. The lowest BCUT2D eigenvalue weighted by atomic mass is 10.3. The number of rotatable bonds is 4. The predicted molar refractivity (Wildman–Crippen MR) is 102 cm³/mol. The van der Waals surface area contributed by atoms with Gasteiger partial charge in [0.1, 0.15) is 11.6 Å². The summed E-state index contributed by atoms with van der Waals surface area (Å²) >= 11 is 4.65. The van der Waals surface area contributed by atoms with Crippen molar-refractivity contribution in [3.8, 4) is 10.9 Å². The molecule has 4 rings (SSSR count). The van der Waals surface area contributed by atoms with Crippen LogP contribution >= 0.6 is 27.3 Å². The maximum absolute atomic E-state index is 12.4. The van der Waals surface area contributed by atoms with Crippen LogP contribution in [0.5, 0.6) is 5.75 Å². The number of ether oxygens (including phenoxy) is 1. The SMILES string of the molecule is COc1ccc2nc(-n3nc(C)cc3NC(=O)c3ccc(Br)o3)sc2c1. The minimum absolute atomic E-state index is 0.205. The molecule has 132 valence electrons. The summed E-state index contributed by atoms with van der Waals surface area (Å²) in [4.78, 5) is 17.0. The second-order valence-electron chi connectivity index (χ2n) is 5.47. The first kappa shape index (κ1) is 16.8. The number of thiazole rings is 1. The van der Waals surface area contributed by atoms with Crippen molar-refractivity contribution in [3.63, 3.8) is 0 Å². The van der Waals surface area contributed by atoms with Crippen LogP contribution in [0.4, 0.5) is 5.82 Å². The molecule has 0 aliphatic rings. The first-order valence-electron chi connectivity index (χ1n) is 7.62. The average molecular weight is 433 g/mol. The number of nitrogens with zero attached hydrogens (tertiary/aromatic N) is 3. The van der Waals surface area contributed by atoms with E-state index in [1.54, 1.807) is 30.0 Å². The molecule has 0 unspecified atom stereocenters. The molecule has 0 atom stereocenters. The third kappa shape index (κ3) is 3.11. The van der Waals surface area contributed by atoms with E-state index < -0.39 is 0 Å². The molecule has 0 fully saturated rings. The lowest BCUT2D eigenvalue weighted by Gasteiger charge is -2.04. The van der Waals surface area contributed by atoms with Crippen LogP contribution < -0.4 is 10.1 Å². The van der Waals surface area contributed by atoms with Gasteiger partial charge in [0, 0.05) is 6.07 Å². The van der Waals surface area contributed by atoms with Crippen molar-refractivity contribution in [1.29, 1.82) is 0 Å². The molecule has 4 aromatic rings. The molecule has 0 saturated carbocycles. The van der Waals surface area contributed by atoms with Gasteiger partial charge >= 0.3 is 0 Å². The zero-order valence-corrected chi connectivity index (χ0v) is 16.2. The number of aryl methyl sites for hydroxylation is 1. The molecule has 9 heteroatoms. The van der Waals surface area contributed by atoms with Crippen molar-refractivity contribution in [3.05, 3.63) is 52.5 Å². The Labute approximate surface area is 160 Å². The van der Waals surface area contributed by atoms with E-state index in [9.17, 15) is 4.79 Å². The maximum atomic E-state index is 12.4. The van der Waals surface area contributed by atoms with Gasteiger partial charge in [0.25, 0.3) is 5.91 Å². The second kappa shape index (κ2) is 6.58. The normalized spacial score (nSPS) is 11.0. The van der Waals surface area contributed by atoms with Gasteiger partial charge in [0.15, 0.2) is 10.4 Å². The number of halogens is 1. The molecule has 0 aliphatic carbocycles. The molecule has 3 aromatic heterocycles. The summed E-state index contributed by atoms with van der Waals surface area (Å²) in [5.74, 6) is 1.13. The zero-order valence-electron chi connectivity index (χ0n) is 13.8. The van der Waals surface area contributed by atoms with Gasteiger partial charge < -0.3 is 14.5 Å². The fourth-order valence-corrected chi connectivity index (χ4v) is 3.73. The molecule has 1 aromatic carbocycles. The Hall–Kier alpha value is -2.65. The van der Waals surface area contributed by atoms with Crippen molar-refractivity contribution in [2.45, 2.75) is 6.92 Å². The number of aromatic nitrogens is 3. The summed E-state index contributed by atoms with van der Waals surface area (Å²) in [5.41, 5.74) is 1.60. The molecular formula is C17H13BrN4O3S. The molecule has 0 bridgehead atoms. The number of methoxy groups -OCH3 is 1. The van der Waals surface area contributed by atoms with E-state index in [0.717, 1.165) is 21.7 Å².